The molecule has 0 fully saturated rings. The van der Waals surface area contributed by atoms with E-state index in [0.29, 0.717) is 11.1 Å². The van der Waals surface area contributed by atoms with Crippen LogP contribution < -0.4 is 0 Å². The second-order valence-electron chi connectivity index (χ2n) is 11.2. The number of hydrogen-bond donors (Lipinski definition) is 2. The minimum atomic E-state index is -2.47. The van der Waals surface area contributed by atoms with Gasteiger partial charge in [-0.15, -0.1) is 0 Å². The number of phenols is 2. The summed E-state index contributed by atoms with van der Waals surface area (Å²) in [5, 5.41) is 24.1. The topological polar surface area (TPSA) is 40.5 Å². The molecule has 0 radical (unpaired) electrons. The molecule has 0 saturated heterocycles. The molecular weight excluding hydrogens is 598 g/mol. The largest absolute Gasteiger partial charge is 0.508 e. The fourth-order valence-corrected chi connectivity index (χ4v) is 11.5. The smallest absolute Gasteiger partial charge is 0.123 e. The third kappa shape index (κ3) is 4.28. The van der Waals surface area contributed by atoms with E-state index in [-0.39, 0.29) is 61.2 Å². The van der Waals surface area contributed by atoms with Crippen molar-refractivity contribution in [3.05, 3.63) is 141 Å². The second-order valence-corrected chi connectivity index (χ2v) is 15.4. The number of rotatable bonds is 4. The van der Waals surface area contributed by atoms with E-state index < -0.39 is 8.07 Å². The van der Waals surface area contributed by atoms with Crippen LogP contribution in [0.1, 0.15) is 59.1 Å². The molecule has 6 heteroatoms. The Morgan fingerprint density at radius 2 is 0.950 bits per heavy atom. The van der Waals surface area contributed by atoms with Crippen LogP contribution >= 0.6 is 0 Å². The molecule has 2 N–H and O–H groups in total. The van der Waals surface area contributed by atoms with E-state index in [9.17, 15) is 19.0 Å². The normalized spacial score (nSPS) is 18.1. The van der Waals surface area contributed by atoms with Gasteiger partial charge in [-0.3, -0.25) is 0 Å². The fraction of sp³-hybridized carbons (Fsp3) is 0.176. The number of aromatic hydroxyl groups is 2. The molecule has 4 aromatic carbocycles. The minimum absolute atomic E-state index is 0. The number of fused-ring (bicyclic) bond motifs is 2. The Bertz CT molecular complexity index is 1600. The zero-order chi connectivity index (χ0) is 27.6. The molecule has 0 spiro atoms. The molecule has 2 unspecified atom stereocenters. The first-order chi connectivity index (χ1) is 18.6. The third-order valence-corrected chi connectivity index (χ3v) is 12.4. The monoisotopic (exact) mass is 626 g/mol. The summed E-state index contributed by atoms with van der Waals surface area (Å²) in [5.74, 6) is -1.09. The molecule has 0 amide bonds. The van der Waals surface area contributed by atoms with Crippen LogP contribution in [0.25, 0.3) is 10.4 Å². The first-order valence-corrected chi connectivity index (χ1v) is 16.2. The number of phenolic OH excluding ortho intramolecular Hbond substituents is 2. The SMILES string of the molecule is CC1=C([Si](C)(C)C2=C(C)C(c3cc(F)ccc3O)c3ccccc32)c2ccccc2C1c1cc(F)ccc1O.[Zr]. The zero-order valence-corrected chi connectivity index (χ0v) is 26.3. The number of allylic oxidation sites excluding steroid dienone is 2. The molecule has 200 valence electrons. The Morgan fingerprint density at radius 3 is 1.35 bits per heavy atom. The van der Waals surface area contributed by atoms with Crippen molar-refractivity contribution in [1.29, 1.82) is 0 Å². The average molecular weight is 628 g/mol. The van der Waals surface area contributed by atoms with Crippen LogP contribution in [0, 0.1) is 11.6 Å². The summed E-state index contributed by atoms with van der Waals surface area (Å²) in [6, 6.07) is 24.7. The third-order valence-electron chi connectivity index (χ3n) is 8.59. The summed E-state index contributed by atoms with van der Waals surface area (Å²) in [5.41, 5.74) is 7.77. The molecule has 2 aliphatic rings. The molecule has 40 heavy (non-hydrogen) atoms. The van der Waals surface area contributed by atoms with Gasteiger partial charge in [-0.25, -0.2) is 8.78 Å². The predicted molar refractivity (Wildman–Crippen MR) is 155 cm³/mol. The van der Waals surface area contributed by atoms with Gasteiger partial charge in [0.25, 0.3) is 0 Å². The summed E-state index contributed by atoms with van der Waals surface area (Å²) in [6.07, 6.45) is 0. The summed E-state index contributed by atoms with van der Waals surface area (Å²) in [4.78, 5) is 0. The Kier molecular flexibility index (Phi) is 7.39. The molecule has 2 atom stereocenters. The first-order valence-electron chi connectivity index (χ1n) is 13.2. The molecule has 2 nitrogen and oxygen atoms in total. The average Bonchev–Trinajstić information content (AvgIpc) is 3.37. The van der Waals surface area contributed by atoms with Crippen molar-refractivity contribution in [2.45, 2.75) is 38.8 Å². The molecule has 2 aliphatic carbocycles. The van der Waals surface area contributed by atoms with Crippen LogP contribution in [-0.2, 0) is 26.2 Å². The maximum atomic E-state index is 14.4. The van der Waals surface area contributed by atoms with Gasteiger partial charge in [-0.1, -0.05) is 72.8 Å². The van der Waals surface area contributed by atoms with Gasteiger partial charge < -0.3 is 10.2 Å². The minimum Gasteiger partial charge on any atom is -0.508 e. The van der Waals surface area contributed by atoms with E-state index in [4.69, 9.17) is 0 Å². The van der Waals surface area contributed by atoms with Gasteiger partial charge >= 0.3 is 0 Å². The fourth-order valence-electron chi connectivity index (χ4n) is 7.23. The summed E-state index contributed by atoms with van der Waals surface area (Å²) >= 11 is 0. The molecule has 0 heterocycles. The maximum absolute atomic E-state index is 14.4. The predicted octanol–water partition coefficient (Wildman–Crippen LogP) is 8.70. The van der Waals surface area contributed by atoms with Crippen LogP contribution in [0.3, 0.4) is 0 Å². The van der Waals surface area contributed by atoms with Gasteiger partial charge in [0, 0.05) is 49.2 Å². The van der Waals surface area contributed by atoms with Crippen molar-refractivity contribution < 1.29 is 45.2 Å². The van der Waals surface area contributed by atoms with Gasteiger partial charge in [0.2, 0.25) is 0 Å². The van der Waals surface area contributed by atoms with Crippen molar-refractivity contribution in [2.24, 2.45) is 0 Å². The van der Waals surface area contributed by atoms with Crippen LogP contribution in [0.2, 0.25) is 13.1 Å². The van der Waals surface area contributed by atoms with Crippen molar-refractivity contribution in [2.75, 3.05) is 0 Å². The van der Waals surface area contributed by atoms with E-state index in [1.807, 2.05) is 24.3 Å². The molecule has 6 rings (SSSR count). The standard InChI is InChI=1S/C34H30F2O2Si.Zr/c1-19-31(27-17-21(35)13-15-29(27)37)23-9-5-7-11-25(23)33(19)39(3,4)34-20(2)32(24-10-6-8-12-26(24)34)28-18-22(36)14-16-30(28)38;/h5-18,31-32,37-38H,1-4H3;. The van der Waals surface area contributed by atoms with Gasteiger partial charge in [0.05, 0.1) is 0 Å². The summed E-state index contributed by atoms with van der Waals surface area (Å²) < 4.78 is 28.8. The summed E-state index contributed by atoms with van der Waals surface area (Å²) in [6.45, 7) is 8.87. The van der Waals surface area contributed by atoms with Crippen LogP contribution in [0.4, 0.5) is 8.78 Å². The molecule has 0 aromatic heterocycles. The van der Waals surface area contributed by atoms with Gasteiger partial charge in [0.1, 0.15) is 31.2 Å². The first kappa shape index (κ1) is 28.4. The molecule has 0 bridgehead atoms. The van der Waals surface area contributed by atoms with Crippen molar-refractivity contribution in [3.8, 4) is 11.5 Å². The maximum Gasteiger partial charge on any atom is 0.123 e. The quantitative estimate of drug-likeness (QED) is 0.222. The number of hydrogen-bond acceptors (Lipinski definition) is 2. The Morgan fingerprint density at radius 1 is 0.575 bits per heavy atom. The van der Waals surface area contributed by atoms with Crippen molar-refractivity contribution in [1.82, 2.24) is 0 Å². The van der Waals surface area contributed by atoms with E-state index in [0.717, 1.165) is 33.4 Å². The van der Waals surface area contributed by atoms with Crippen LogP contribution in [-0.4, -0.2) is 18.3 Å². The van der Waals surface area contributed by atoms with E-state index in [1.165, 1.54) is 46.8 Å². The number of halogens is 2. The Balaban J connectivity index is 0.00000323. The molecule has 0 saturated carbocycles. The Hall–Kier alpha value is -3.08. The van der Waals surface area contributed by atoms with Crippen LogP contribution in [0.5, 0.6) is 11.5 Å². The van der Waals surface area contributed by atoms with Crippen molar-refractivity contribution >= 4 is 18.5 Å². The molecule has 4 aromatic rings. The van der Waals surface area contributed by atoms with Gasteiger partial charge in [-0.05, 0) is 82.9 Å². The number of benzene rings is 4. The summed E-state index contributed by atoms with van der Waals surface area (Å²) in [7, 11) is -2.47. The van der Waals surface area contributed by atoms with E-state index in [2.05, 4.69) is 51.2 Å². The van der Waals surface area contributed by atoms with Crippen LogP contribution in [0.15, 0.2) is 96.1 Å². The van der Waals surface area contributed by atoms with Gasteiger partial charge in [-0.2, -0.15) is 0 Å². The second kappa shape index (κ2) is 10.4. The van der Waals surface area contributed by atoms with Crippen molar-refractivity contribution in [3.63, 3.8) is 0 Å². The van der Waals surface area contributed by atoms with E-state index in [1.54, 1.807) is 0 Å². The molecule has 0 aliphatic heterocycles. The Labute approximate surface area is 253 Å². The van der Waals surface area contributed by atoms with E-state index >= 15 is 0 Å². The molecular formula is C34H30F2O2SiZr. The zero-order valence-electron chi connectivity index (χ0n) is 22.9. The van der Waals surface area contributed by atoms with Gasteiger partial charge in [0.15, 0.2) is 0 Å².